The number of aromatic nitrogens is 1. The number of carboxylic acids is 1. The number of anilines is 1. The van der Waals surface area contributed by atoms with Gasteiger partial charge in [-0.05, 0) is 74.6 Å². The molecule has 0 spiro atoms. The SMILES string of the molecule is C1CCOCC1.Cc1cc(C(C)Nc2ccccc2C(=O)O)c2ccc(C#N)nc2c1. The summed E-state index contributed by atoms with van der Waals surface area (Å²) in [6, 6.07) is 16.3. The van der Waals surface area contributed by atoms with E-state index in [-0.39, 0.29) is 11.6 Å². The van der Waals surface area contributed by atoms with Crippen LogP contribution in [0.15, 0.2) is 48.5 Å². The van der Waals surface area contributed by atoms with Crippen LogP contribution < -0.4 is 5.32 Å². The number of para-hydroxylation sites is 1. The van der Waals surface area contributed by atoms with Gasteiger partial charge in [0.2, 0.25) is 0 Å². The first-order valence-corrected chi connectivity index (χ1v) is 10.5. The van der Waals surface area contributed by atoms with Crippen LogP contribution in [0.3, 0.4) is 0 Å². The lowest BCUT2D eigenvalue weighted by atomic mass is 9.98. The van der Waals surface area contributed by atoms with E-state index in [1.165, 1.54) is 19.3 Å². The van der Waals surface area contributed by atoms with Crippen molar-refractivity contribution in [3.63, 3.8) is 0 Å². The van der Waals surface area contributed by atoms with Crippen LogP contribution in [0.4, 0.5) is 5.69 Å². The summed E-state index contributed by atoms with van der Waals surface area (Å²) in [5, 5.41) is 22.6. The first-order valence-electron chi connectivity index (χ1n) is 10.5. The van der Waals surface area contributed by atoms with Gasteiger partial charge in [-0.25, -0.2) is 9.78 Å². The minimum absolute atomic E-state index is 0.127. The maximum Gasteiger partial charge on any atom is 0.337 e. The van der Waals surface area contributed by atoms with Crippen molar-refractivity contribution in [1.82, 2.24) is 4.98 Å². The lowest BCUT2D eigenvalue weighted by molar-refractivity contribution is 0.0698. The smallest absolute Gasteiger partial charge is 0.337 e. The summed E-state index contributed by atoms with van der Waals surface area (Å²) in [5.41, 5.74) is 3.97. The monoisotopic (exact) mass is 417 g/mol. The van der Waals surface area contributed by atoms with E-state index in [1.807, 2.05) is 26.0 Å². The van der Waals surface area contributed by atoms with Crippen molar-refractivity contribution in [3.05, 3.63) is 70.9 Å². The fraction of sp³-hybridized carbons (Fsp3) is 0.320. The van der Waals surface area contributed by atoms with Crippen molar-refractivity contribution in [2.45, 2.75) is 39.2 Å². The predicted octanol–water partition coefficient (Wildman–Crippen LogP) is 5.47. The summed E-state index contributed by atoms with van der Waals surface area (Å²) >= 11 is 0. The molecular formula is C25H27N3O3. The van der Waals surface area contributed by atoms with Crippen molar-refractivity contribution in [3.8, 4) is 6.07 Å². The number of carbonyl (C=O) groups is 1. The number of benzene rings is 2. The molecule has 160 valence electrons. The Bertz CT molecular complexity index is 1090. The molecule has 1 unspecified atom stereocenters. The first kappa shape index (κ1) is 22.3. The van der Waals surface area contributed by atoms with Gasteiger partial charge in [0.25, 0.3) is 0 Å². The quantitative estimate of drug-likeness (QED) is 0.584. The van der Waals surface area contributed by atoms with E-state index >= 15 is 0 Å². The normalized spacial score (nSPS) is 14.1. The summed E-state index contributed by atoms with van der Waals surface area (Å²) in [6.07, 6.45) is 3.93. The number of carboxylic acid groups (broad SMARTS) is 1. The van der Waals surface area contributed by atoms with Gasteiger partial charge in [-0.15, -0.1) is 0 Å². The molecule has 1 aliphatic heterocycles. The van der Waals surface area contributed by atoms with Gasteiger partial charge in [0, 0.05) is 30.3 Å². The zero-order valence-electron chi connectivity index (χ0n) is 17.9. The number of hydrogen-bond donors (Lipinski definition) is 2. The average Bonchev–Trinajstić information content (AvgIpc) is 2.79. The third-order valence-corrected chi connectivity index (χ3v) is 5.17. The van der Waals surface area contributed by atoms with Crippen molar-refractivity contribution < 1.29 is 14.6 Å². The molecule has 1 aromatic heterocycles. The second kappa shape index (κ2) is 10.6. The Labute approximate surface area is 182 Å². The molecule has 3 aromatic rings. The summed E-state index contributed by atoms with van der Waals surface area (Å²) in [6.45, 7) is 5.95. The van der Waals surface area contributed by atoms with Crippen LogP contribution in [0.2, 0.25) is 0 Å². The van der Waals surface area contributed by atoms with E-state index in [2.05, 4.69) is 22.4 Å². The molecule has 0 aliphatic carbocycles. The molecule has 1 saturated heterocycles. The molecule has 0 bridgehead atoms. The standard InChI is InChI=1S/C20H17N3O2.C5H10O/c1-12-9-17(15-8-7-14(11-21)23-19(15)10-12)13(2)22-18-6-4-3-5-16(18)20(24)25;1-2-4-6-5-3-1/h3-10,13,22H,1-2H3,(H,24,25);1-5H2. The highest BCUT2D eigenvalue weighted by Crippen LogP contribution is 2.29. The topological polar surface area (TPSA) is 95.2 Å². The van der Waals surface area contributed by atoms with Crippen LogP contribution in [-0.4, -0.2) is 29.3 Å². The number of aryl methyl sites for hydroxylation is 1. The lowest BCUT2D eigenvalue weighted by Crippen LogP contribution is -2.11. The van der Waals surface area contributed by atoms with Crippen LogP contribution in [0.5, 0.6) is 0 Å². The van der Waals surface area contributed by atoms with Gasteiger partial charge in [-0.1, -0.05) is 18.2 Å². The fourth-order valence-electron chi connectivity index (χ4n) is 3.62. The van der Waals surface area contributed by atoms with Crippen molar-refractivity contribution in [2.24, 2.45) is 0 Å². The molecule has 6 nitrogen and oxygen atoms in total. The zero-order chi connectivity index (χ0) is 22.2. The minimum Gasteiger partial charge on any atom is -0.478 e. The number of aromatic carboxylic acids is 1. The number of nitrogens with one attached hydrogen (secondary N) is 1. The van der Waals surface area contributed by atoms with E-state index in [9.17, 15) is 9.90 Å². The van der Waals surface area contributed by atoms with Crippen molar-refractivity contribution in [1.29, 1.82) is 5.26 Å². The average molecular weight is 418 g/mol. The molecule has 1 fully saturated rings. The van der Waals surface area contributed by atoms with Gasteiger partial charge < -0.3 is 15.2 Å². The molecule has 31 heavy (non-hydrogen) atoms. The molecular weight excluding hydrogens is 390 g/mol. The highest BCUT2D eigenvalue weighted by atomic mass is 16.5. The maximum atomic E-state index is 11.4. The number of ether oxygens (including phenoxy) is 1. The van der Waals surface area contributed by atoms with E-state index in [4.69, 9.17) is 10.00 Å². The largest absolute Gasteiger partial charge is 0.478 e. The number of pyridine rings is 1. The molecule has 2 N–H and O–H groups in total. The van der Waals surface area contributed by atoms with Gasteiger partial charge in [-0.3, -0.25) is 0 Å². The third kappa shape index (κ3) is 5.80. The Balaban J connectivity index is 0.000000391. The molecule has 6 heteroatoms. The Morgan fingerprint density at radius 3 is 2.52 bits per heavy atom. The lowest BCUT2D eigenvalue weighted by Gasteiger charge is -2.19. The number of nitrogens with zero attached hydrogens (tertiary/aromatic N) is 2. The highest BCUT2D eigenvalue weighted by Gasteiger charge is 2.15. The minimum atomic E-state index is -0.968. The van der Waals surface area contributed by atoms with Crippen LogP contribution >= 0.6 is 0 Å². The van der Waals surface area contributed by atoms with E-state index in [1.54, 1.807) is 30.3 Å². The molecule has 2 aromatic carbocycles. The van der Waals surface area contributed by atoms with Crippen molar-refractivity contribution in [2.75, 3.05) is 18.5 Å². The van der Waals surface area contributed by atoms with Crippen molar-refractivity contribution >= 4 is 22.6 Å². The number of fused-ring (bicyclic) bond motifs is 1. The van der Waals surface area contributed by atoms with E-state index < -0.39 is 5.97 Å². The summed E-state index contributed by atoms with van der Waals surface area (Å²) in [5.74, 6) is -0.968. The first-order chi connectivity index (χ1) is 15.0. The molecule has 0 radical (unpaired) electrons. The summed E-state index contributed by atoms with van der Waals surface area (Å²) in [4.78, 5) is 15.8. The zero-order valence-corrected chi connectivity index (χ0v) is 17.9. The van der Waals surface area contributed by atoms with E-state index in [0.29, 0.717) is 11.4 Å². The van der Waals surface area contributed by atoms with Crippen LogP contribution in [-0.2, 0) is 4.74 Å². The second-order valence-electron chi connectivity index (χ2n) is 7.62. The third-order valence-electron chi connectivity index (χ3n) is 5.17. The summed E-state index contributed by atoms with van der Waals surface area (Å²) < 4.78 is 5.07. The number of hydrogen-bond acceptors (Lipinski definition) is 5. The van der Waals surface area contributed by atoms with Crippen LogP contribution in [0.25, 0.3) is 10.9 Å². The summed E-state index contributed by atoms with van der Waals surface area (Å²) in [7, 11) is 0. The number of nitriles is 1. The molecule has 1 atom stereocenters. The molecule has 0 amide bonds. The van der Waals surface area contributed by atoms with Gasteiger partial charge in [0.15, 0.2) is 0 Å². The molecule has 4 rings (SSSR count). The Morgan fingerprint density at radius 1 is 1.16 bits per heavy atom. The second-order valence-corrected chi connectivity index (χ2v) is 7.62. The highest BCUT2D eigenvalue weighted by molar-refractivity contribution is 5.94. The van der Waals surface area contributed by atoms with E-state index in [0.717, 1.165) is 35.2 Å². The van der Waals surface area contributed by atoms with Gasteiger partial charge >= 0.3 is 5.97 Å². The molecule has 1 aliphatic rings. The Morgan fingerprint density at radius 2 is 1.90 bits per heavy atom. The fourth-order valence-corrected chi connectivity index (χ4v) is 3.62. The Hall–Kier alpha value is -3.43. The van der Waals surface area contributed by atoms with Gasteiger partial charge in [0.05, 0.1) is 11.1 Å². The maximum absolute atomic E-state index is 11.4. The van der Waals surface area contributed by atoms with Gasteiger partial charge in [-0.2, -0.15) is 5.26 Å². The molecule has 2 heterocycles. The predicted molar refractivity (Wildman–Crippen MR) is 121 cm³/mol. The van der Waals surface area contributed by atoms with Crippen LogP contribution in [0, 0.1) is 18.3 Å². The van der Waals surface area contributed by atoms with Gasteiger partial charge in [0.1, 0.15) is 11.8 Å². The molecule has 0 saturated carbocycles. The van der Waals surface area contributed by atoms with Crippen LogP contribution in [0.1, 0.15) is 59.4 Å². The number of rotatable bonds is 4. The Kier molecular flexibility index (Phi) is 7.58.